The molecule has 0 saturated carbocycles. The van der Waals surface area contributed by atoms with Crippen molar-refractivity contribution < 1.29 is 9.90 Å². The molecule has 0 radical (unpaired) electrons. The third kappa shape index (κ3) is 3.17. The van der Waals surface area contributed by atoms with Crippen LogP contribution in [-0.4, -0.2) is 23.1 Å². The summed E-state index contributed by atoms with van der Waals surface area (Å²) in [5.74, 6) is -0.966. The second kappa shape index (κ2) is 6.05. The number of carboxylic acids is 1. The molecular weight excluding hydrogens is 320 g/mol. The highest BCUT2D eigenvalue weighted by molar-refractivity contribution is 9.10. The van der Waals surface area contributed by atoms with Gasteiger partial charge in [-0.25, -0.2) is 4.79 Å². The van der Waals surface area contributed by atoms with Crippen LogP contribution in [0, 0.1) is 6.92 Å². The molecule has 2 rings (SSSR count). The van der Waals surface area contributed by atoms with Crippen molar-refractivity contribution >= 4 is 27.6 Å². The Hall–Kier alpha value is -1.88. The largest absolute Gasteiger partial charge is 0.478 e. The molecule has 1 heterocycles. The fourth-order valence-electron chi connectivity index (χ4n) is 1.99. The molecule has 1 N–H and O–H groups in total. The maximum Gasteiger partial charge on any atom is 0.339 e. The molecule has 0 atom stereocenters. The van der Waals surface area contributed by atoms with E-state index in [0.29, 0.717) is 12.2 Å². The van der Waals surface area contributed by atoms with Gasteiger partial charge in [0.05, 0.1) is 5.69 Å². The first kappa shape index (κ1) is 14.5. The topological polar surface area (TPSA) is 53.4 Å². The molecule has 1 aromatic carbocycles. The second-order valence-corrected chi connectivity index (χ2v) is 5.45. The van der Waals surface area contributed by atoms with E-state index in [-0.39, 0.29) is 5.56 Å². The van der Waals surface area contributed by atoms with Gasteiger partial charge in [0.15, 0.2) is 0 Å². The summed E-state index contributed by atoms with van der Waals surface area (Å²) in [7, 11) is 1.88. The van der Waals surface area contributed by atoms with E-state index in [0.717, 1.165) is 15.7 Å². The van der Waals surface area contributed by atoms with Gasteiger partial charge < -0.3 is 10.0 Å². The molecule has 0 aliphatic heterocycles. The number of aromatic nitrogens is 1. The molecule has 0 saturated heterocycles. The number of pyridine rings is 1. The molecule has 0 unspecified atom stereocenters. The summed E-state index contributed by atoms with van der Waals surface area (Å²) < 4.78 is 1.01. The quantitative estimate of drug-likeness (QED) is 0.929. The molecule has 0 amide bonds. The lowest BCUT2D eigenvalue weighted by molar-refractivity contribution is 0.0697. The Balaban J connectivity index is 2.34. The smallest absolute Gasteiger partial charge is 0.339 e. The molecule has 4 nitrogen and oxygen atoms in total. The molecule has 104 valence electrons. The standard InChI is InChI=1S/C15H15BrN2O2/c1-10-7-14(12(8-17-10)15(19)20)18(2)9-11-5-3-4-6-13(11)16/h3-8H,9H2,1-2H3,(H,19,20). The maximum atomic E-state index is 11.3. The predicted molar refractivity (Wildman–Crippen MR) is 82.2 cm³/mol. The number of rotatable bonds is 4. The van der Waals surface area contributed by atoms with Crippen molar-refractivity contribution in [1.82, 2.24) is 4.98 Å². The lowest BCUT2D eigenvalue weighted by Gasteiger charge is -2.22. The van der Waals surface area contributed by atoms with E-state index in [4.69, 9.17) is 0 Å². The molecule has 5 heteroatoms. The van der Waals surface area contributed by atoms with Crippen molar-refractivity contribution in [2.24, 2.45) is 0 Å². The Morgan fingerprint density at radius 3 is 2.75 bits per heavy atom. The summed E-state index contributed by atoms with van der Waals surface area (Å²) in [5.41, 5.74) is 2.77. The fourth-order valence-corrected chi connectivity index (χ4v) is 2.40. The zero-order valence-corrected chi connectivity index (χ0v) is 12.9. The number of hydrogen-bond acceptors (Lipinski definition) is 3. The molecular formula is C15H15BrN2O2. The number of benzene rings is 1. The van der Waals surface area contributed by atoms with Crippen molar-refractivity contribution in [3.05, 3.63) is 57.8 Å². The molecule has 0 fully saturated rings. The Morgan fingerprint density at radius 2 is 2.10 bits per heavy atom. The summed E-state index contributed by atoms with van der Waals surface area (Å²) in [4.78, 5) is 17.2. The van der Waals surface area contributed by atoms with E-state index >= 15 is 0 Å². The summed E-state index contributed by atoms with van der Waals surface area (Å²) in [6.07, 6.45) is 1.41. The van der Waals surface area contributed by atoms with E-state index in [2.05, 4.69) is 20.9 Å². The SMILES string of the molecule is Cc1cc(N(C)Cc2ccccc2Br)c(C(=O)O)cn1. The van der Waals surface area contributed by atoms with Crippen LogP contribution < -0.4 is 4.90 Å². The summed E-state index contributed by atoms with van der Waals surface area (Å²) in [6.45, 7) is 2.46. The molecule has 2 aromatic rings. The highest BCUT2D eigenvalue weighted by Crippen LogP contribution is 2.24. The van der Waals surface area contributed by atoms with Gasteiger partial charge in [-0.1, -0.05) is 34.1 Å². The monoisotopic (exact) mass is 334 g/mol. The molecule has 0 aliphatic carbocycles. The van der Waals surface area contributed by atoms with Gasteiger partial charge in [0, 0.05) is 30.0 Å². The van der Waals surface area contributed by atoms with Gasteiger partial charge in [0.25, 0.3) is 0 Å². The van der Waals surface area contributed by atoms with E-state index < -0.39 is 5.97 Å². The number of aromatic carboxylic acids is 1. The van der Waals surface area contributed by atoms with Crippen LogP contribution in [-0.2, 0) is 6.54 Å². The van der Waals surface area contributed by atoms with Crippen LogP contribution >= 0.6 is 15.9 Å². The molecule has 0 bridgehead atoms. The Labute approximate surface area is 126 Å². The van der Waals surface area contributed by atoms with Crippen molar-refractivity contribution in [3.63, 3.8) is 0 Å². The molecule has 1 aromatic heterocycles. The van der Waals surface area contributed by atoms with Gasteiger partial charge in [-0.3, -0.25) is 4.98 Å². The minimum atomic E-state index is -0.966. The fraction of sp³-hybridized carbons (Fsp3) is 0.200. The molecule has 20 heavy (non-hydrogen) atoms. The Bertz CT molecular complexity index is 644. The number of nitrogens with zero attached hydrogens (tertiary/aromatic N) is 2. The third-order valence-electron chi connectivity index (χ3n) is 3.03. The lowest BCUT2D eigenvalue weighted by Crippen LogP contribution is -2.20. The van der Waals surface area contributed by atoms with Gasteiger partial charge in [-0.05, 0) is 24.6 Å². The Morgan fingerprint density at radius 1 is 1.40 bits per heavy atom. The van der Waals surface area contributed by atoms with Crippen LogP contribution in [0.3, 0.4) is 0 Å². The van der Waals surface area contributed by atoms with E-state index in [1.54, 1.807) is 6.07 Å². The van der Waals surface area contributed by atoms with E-state index in [1.807, 2.05) is 43.1 Å². The van der Waals surface area contributed by atoms with Crippen LogP contribution in [0.1, 0.15) is 21.6 Å². The first-order valence-corrected chi connectivity index (χ1v) is 6.93. The van der Waals surface area contributed by atoms with E-state index in [1.165, 1.54) is 6.20 Å². The van der Waals surface area contributed by atoms with Gasteiger partial charge in [-0.2, -0.15) is 0 Å². The Kier molecular flexibility index (Phi) is 4.39. The maximum absolute atomic E-state index is 11.3. The number of carbonyl (C=O) groups is 1. The van der Waals surface area contributed by atoms with Crippen LogP contribution in [0.25, 0.3) is 0 Å². The number of halogens is 1. The summed E-state index contributed by atoms with van der Waals surface area (Å²) >= 11 is 3.50. The lowest BCUT2D eigenvalue weighted by atomic mass is 10.1. The number of anilines is 1. The van der Waals surface area contributed by atoms with Crippen LogP contribution in [0.15, 0.2) is 41.0 Å². The van der Waals surface area contributed by atoms with Crippen LogP contribution in [0.5, 0.6) is 0 Å². The third-order valence-corrected chi connectivity index (χ3v) is 3.80. The second-order valence-electron chi connectivity index (χ2n) is 4.60. The van der Waals surface area contributed by atoms with Crippen molar-refractivity contribution in [2.75, 3.05) is 11.9 Å². The first-order valence-electron chi connectivity index (χ1n) is 6.13. The van der Waals surface area contributed by atoms with Gasteiger partial charge >= 0.3 is 5.97 Å². The first-order chi connectivity index (χ1) is 9.49. The average Bonchev–Trinajstić information content (AvgIpc) is 2.40. The summed E-state index contributed by atoms with van der Waals surface area (Å²) in [6, 6.07) is 9.69. The highest BCUT2D eigenvalue weighted by Gasteiger charge is 2.15. The van der Waals surface area contributed by atoms with Crippen molar-refractivity contribution in [2.45, 2.75) is 13.5 Å². The van der Waals surface area contributed by atoms with Crippen LogP contribution in [0.2, 0.25) is 0 Å². The predicted octanol–water partition coefficient (Wildman–Crippen LogP) is 3.49. The minimum Gasteiger partial charge on any atom is -0.478 e. The number of carboxylic acid groups (broad SMARTS) is 1. The molecule has 0 aliphatic rings. The molecule has 0 spiro atoms. The zero-order chi connectivity index (χ0) is 14.7. The van der Waals surface area contributed by atoms with Gasteiger partial charge in [0.1, 0.15) is 5.56 Å². The van der Waals surface area contributed by atoms with Gasteiger partial charge in [-0.15, -0.1) is 0 Å². The van der Waals surface area contributed by atoms with E-state index in [9.17, 15) is 9.90 Å². The highest BCUT2D eigenvalue weighted by atomic mass is 79.9. The van der Waals surface area contributed by atoms with Crippen LogP contribution in [0.4, 0.5) is 5.69 Å². The average molecular weight is 335 g/mol. The normalized spacial score (nSPS) is 10.3. The zero-order valence-electron chi connectivity index (χ0n) is 11.3. The number of aryl methyl sites for hydroxylation is 1. The summed E-state index contributed by atoms with van der Waals surface area (Å²) in [5, 5.41) is 9.25. The number of hydrogen-bond donors (Lipinski definition) is 1. The van der Waals surface area contributed by atoms with Gasteiger partial charge in [0.2, 0.25) is 0 Å². The minimum absolute atomic E-state index is 0.213. The van der Waals surface area contributed by atoms with Crippen molar-refractivity contribution in [3.8, 4) is 0 Å². The van der Waals surface area contributed by atoms with Crippen molar-refractivity contribution in [1.29, 1.82) is 0 Å².